The maximum absolute atomic E-state index is 12.9. The molecule has 0 aromatic heterocycles. The number of rotatable bonds is 4. The predicted octanol–water partition coefficient (Wildman–Crippen LogP) is 0.604. The van der Waals surface area contributed by atoms with Crippen molar-refractivity contribution >= 4 is 11.6 Å². The standard InChI is InChI=1S/C19H18O6/c20-14-11-25-18(15(21)12-7-3-1-4-8-12)19(24,17(14)23)16(22)13-9-5-2-6-10-13/h1-10,14,17-18,20,23-24H,11H2/t14-,17-,18?,19+/m0/s1. The molecule has 6 heteroatoms. The van der Waals surface area contributed by atoms with Crippen molar-refractivity contribution in [1.29, 1.82) is 0 Å². The molecule has 1 aliphatic rings. The second-order valence-corrected chi connectivity index (χ2v) is 5.98. The summed E-state index contributed by atoms with van der Waals surface area (Å²) >= 11 is 0. The molecule has 2 aromatic rings. The summed E-state index contributed by atoms with van der Waals surface area (Å²) in [6, 6.07) is 15.8. The molecule has 4 atom stereocenters. The van der Waals surface area contributed by atoms with Crippen molar-refractivity contribution in [3.63, 3.8) is 0 Å². The van der Waals surface area contributed by atoms with Gasteiger partial charge in [0.25, 0.3) is 0 Å². The lowest BCUT2D eigenvalue weighted by molar-refractivity contribution is -0.205. The van der Waals surface area contributed by atoms with Crippen LogP contribution in [0.4, 0.5) is 0 Å². The maximum atomic E-state index is 12.9. The first kappa shape index (κ1) is 17.4. The Balaban J connectivity index is 2.04. The van der Waals surface area contributed by atoms with Gasteiger partial charge in [0, 0.05) is 11.1 Å². The van der Waals surface area contributed by atoms with Crippen LogP contribution < -0.4 is 0 Å². The van der Waals surface area contributed by atoms with Crippen LogP contribution in [0.3, 0.4) is 0 Å². The molecule has 1 fully saturated rings. The number of carbonyl (C=O) groups excluding carboxylic acids is 2. The number of aliphatic hydroxyl groups excluding tert-OH is 2. The summed E-state index contributed by atoms with van der Waals surface area (Å²) in [6.07, 6.45) is -4.97. The molecule has 0 amide bonds. The highest BCUT2D eigenvalue weighted by atomic mass is 16.5. The Morgan fingerprint density at radius 1 is 0.920 bits per heavy atom. The third-order valence-electron chi connectivity index (χ3n) is 4.34. The van der Waals surface area contributed by atoms with E-state index in [-0.39, 0.29) is 17.7 Å². The SMILES string of the molecule is O=C(c1ccccc1)C1OC[C@H](O)[C@H](O)[C@]1(O)C(=O)c1ccccc1. The molecule has 1 saturated heterocycles. The molecular weight excluding hydrogens is 324 g/mol. The summed E-state index contributed by atoms with van der Waals surface area (Å²) in [4.78, 5) is 25.6. The molecule has 0 aliphatic carbocycles. The van der Waals surface area contributed by atoms with Crippen LogP contribution in [-0.4, -0.2) is 57.4 Å². The van der Waals surface area contributed by atoms with Gasteiger partial charge in [-0.3, -0.25) is 9.59 Å². The average Bonchev–Trinajstić information content (AvgIpc) is 2.66. The minimum atomic E-state index is -2.59. The van der Waals surface area contributed by atoms with Crippen molar-refractivity contribution in [2.75, 3.05) is 6.61 Å². The number of hydrogen-bond acceptors (Lipinski definition) is 6. The Morgan fingerprint density at radius 3 is 2.00 bits per heavy atom. The van der Waals surface area contributed by atoms with Gasteiger partial charge in [0.15, 0.2) is 23.3 Å². The van der Waals surface area contributed by atoms with Crippen LogP contribution in [0.5, 0.6) is 0 Å². The highest BCUT2D eigenvalue weighted by Gasteiger charge is 2.59. The largest absolute Gasteiger partial charge is 0.388 e. The van der Waals surface area contributed by atoms with Crippen LogP contribution in [0, 0.1) is 0 Å². The van der Waals surface area contributed by atoms with E-state index in [1.54, 1.807) is 36.4 Å². The van der Waals surface area contributed by atoms with E-state index in [0.29, 0.717) is 0 Å². The Hall–Kier alpha value is -2.38. The van der Waals surface area contributed by atoms with Crippen LogP contribution in [-0.2, 0) is 4.74 Å². The van der Waals surface area contributed by atoms with Gasteiger partial charge in [-0.2, -0.15) is 0 Å². The van der Waals surface area contributed by atoms with E-state index in [1.165, 1.54) is 24.3 Å². The van der Waals surface area contributed by atoms with Crippen LogP contribution in [0.1, 0.15) is 20.7 Å². The lowest BCUT2D eigenvalue weighted by Crippen LogP contribution is -2.68. The van der Waals surface area contributed by atoms with Crippen LogP contribution in [0.15, 0.2) is 60.7 Å². The fourth-order valence-corrected chi connectivity index (χ4v) is 2.96. The Bertz CT molecular complexity index is 760. The fourth-order valence-electron chi connectivity index (χ4n) is 2.96. The zero-order chi connectivity index (χ0) is 18.0. The van der Waals surface area contributed by atoms with Crippen molar-refractivity contribution < 1.29 is 29.6 Å². The topological polar surface area (TPSA) is 104 Å². The van der Waals surface area contributed by atoms with E-state index in [4.69, 9.17) is 4.74 Å². The summed E-state index contributed by atoms with van der Waals surface area (Å²) in [5.41, 5.74) is -2.26. The van der Waals surface area contributed by atoms with Crippen molar-refractivity contribution in [3.8, 4) is 0 Å². The lowest BCUT2D eigenvalue weighted by atomic mass is 9.76. The molecule has 1 aliphatic heterocycles. The van der Waals surface area contributed by atoms with Gasteiger partial charge in [-0.25, -0.2) is 0 Å². The Morgan fingerprint density at radius 2 is 1.44 bits per heavy atom. The van der Waals surface area contributed by atoms with E-state index in [9.17, 15) is 24.9 Å². The van der Waals surface area contributed by atoms with Crippen molar-refractivity contribution in [2.24, 2.45) is 0 Å². The number of ketones is 2. The molecule has 25 heavy (non-hydrogen) atoms. The summed E-state index contributed by atoms with van der Waals surface area (Å²) in [5, 5.41) is 31.2. The normalized spacial score (nSPS) is 29.2. The fraction of sp³-hybridized carbons (Fsp3) is 0.263. The third-order valence-corrected chi connectivity index (χ3v) is 4.34. The minimum Gasteiger partial charge on any atom is -0.388 e. The third kappa shape index (κ3) is 3.01. The zero-order valence-corrected chi connectivity index (χ0v) is 13.3. The van der Waals surface area contributed by atoms with E-state index in [2.05, 4.69) is 0 Å². The highest BCUT2D eigenvalue weighted by molar-refractivity contribution is 6.10. The zero-order valence-electron chi connectivity index (χ0n) is 13.3. The van der Waals surface area contributed by atoms with Gasteiger partial charge in [-0.05, 0) is 0 Å². The van der Waals surface area contributed by atoms with E-state index in [0.717, 1.165) is 0 Å². The summed E-state index contributed by atoms with van der Waals surface area (Å²) < 4.78 is 5.30. The Kier molecular flexibility index (Phi) is 4.78. The number of aliphatic hydroxyl groups is 3. The molecule has 1 unspecified atom stereocenters. The van der Waals surface area contributed by atoms with Gasteiger partial charge in [-0.1, -0.05) is 60.7 Å². The highest BCUT2D eigenvalue weighted by Crippen LogP contribution is 2.32. The summed E-state index contributed by atoms with van der Waals surface area (Å²) in [7, 11) is 0. The van der Waals surface area contributed by atoms with E-state index in [1.807, 2.05) is 0 Å². The molecule has 130 valence electrons. The molecule has 3 rings (SSSR count). The number of carbonyl (C=O) groups is 2. The van der Waals surface area contributed by atoms with Gasteiger partial charge in [0.1, 0.15) is 12.2 Å². The number of Topliss-reactive ketones (excluding diaryl/α,β-unsaturated/α-hetero) is 2. The van der Waals surface area contributed by atoms with Crippen LogP contribution >= 0.6 is 0 Å². The second kappa shape index (κ2) is 6.85. The van der Waals surface area contributed by atoms with Gasteiger partial charge < -0.3 is 20.1 Å². The molecule has 0 radical (unpaired) electrons. The molecule has 0 spiro atoms. The number of hydrogen-bond donors (Lipinski definition) is 3. The molecule has 0 bridgehead atoms. The smallest absolute Gasteiger partial charge is 0.200 e. The van der Waals surface area contributed by atoms with Gasteiger partial charge >= 0.3 is 0 Å². The quantitative estimate of drug-likeness (QED) is 0.703. The first-order valence-corrected chi connectivity index (χ1v) is 7.85. The van der Waals surface area contributed by atoms with Gasteiger partial charge in [-0.15, -0.1) is 0 Å². The second-order valence-electron chi connectivity index (χ2n) is 5.98. The van der Waals surface area contributed by atoms with Crippen molar-refractivity contribution in [3.05, 3.63) is 71.8 Å². The van der Waals surface area contributed by atoms with Crippen molar-refractivity contribution in [1.82, 2.24) is 0 Å². The number of benzene rings is 2. The van der Waals surface area contributed by atoms with Gasteiger partial charge in [0.2, 0.25) is 0 Å². The average molecular weight is 342 g/mol. The summed E-state index contributed by atoms with van der Waals surface area (Å²) in [6.45, 7) is -0.366. The molecular formula is C19H18O6. The minimum absolute atomic E-state index is 0.104. The molecule has 3 N–H and O–H groups in total. The lowest BCUT2D eigenvalue weighted by Gasteiger charge is -2.43. The Labute approximate surface area is 144 Å². The maximum Gasteiger partial charge on any atom is 0.200 e. The number of ether oxygens (including phenoxy) is 1. The van der Waals surface area contributed by atoms with Gasteiger partial charge in [0.05, 0.1) is 6.61 Å². The molecule has 0 saturated carbocycles. The monoisotopic (exact) mass is 342 g/mol. The molecule has 2 aromatic carbocycles. The van der Waals surface area contributed by atoms with E-state index >= 15 is 0 Å². The summed E-state index contributed by atoms with van der Waals surface area (Å²) in [5.74, 6) is -1.52. The van der Waals surface area contributed by atoms with Crippen LogP contribution in [0.25, 0.3) is 0 Å². The molecule has 1 heterocycles. The molecule has 6 nitrogen and oxygen atoms in total. The first-order chi connectivity index (χ1) is 12.0. The van der Waals surface area contributed by atoms with Crippen molar-refractivity contribution in [2.45, 2.75) is 23.9 Å². The predicted molar refractivity (Wildman–Crippen MR) is 88.2 cm³/mol. The first-order valence-electron chi connectivity index (χ1n) is 7.85. The van der Waals surface area contributed by atoms with Crippen LogP contribution in [0.2, 0.25) is 0 Å². The van der Waals surface area contributed by atoms with E-state index < -0.39 is 35.5 Å².